The molecule has 0 radical (unpaired) electrons. The summed E-state index contributed by atoms with van der Waals surface area (Å²) in [6.45, 7) is -0.823. The van der Waals surface area contributed by atoms with Gasteiger partial charge in [0.25, 0.3) is 0 Å². The van der Waals surface area contributed by atoms with Crippen LogP contribution < -0.4 is 0 Å². The molecule has 0 heterocycles. The molecule has 0 aliphatic carbocycles. The number of hydrogen-bond acceptors (Lipinski definition) is 0. The van der Waals surface area contributed by atoms with Gasteiger partial charge in [0, 0.05) is 19.5 Å². The van der Waals surface area contributed by atoms with Gasteiger partial charge < -0.3 is 0 Å². The van der Waals surface area contributed by atoms with Gasteiger partial charge in [-0.3, -0.25) is 0 Å². The van der Waals surface area contributed by atoms with Crippen molar-refractivity contribution in [2.75, 3.05) is 0 Å². The highest BCUT2D eigenvalue weighted by atomic mass is 35.6. The van der Waals surface area contributed by atoms with Crippen LogP contribution in [0, 0.1) is 0 Å². The van der Waals surface area contributed by atoms with Crippen LogP contribution in [0.25, 0.3) is 0 Å². The summed E-state index contributed by atoms with van der Waals surface area (Å²) < 4.78 is 0. The van der Waals surface area contributed by atoms with Gasteiger partial charge in [0.1, 0.15) is 0 Å². The Labute approximate surface area is 55.2 Å². The van der Waals surface area contributed by atoms with Gasteiger partial charge in [-0.1, -0.05) is 0 Å². The molecule has 0 amide bonds. The zero-order chi connectivity index (χ0) is 5.15. The Kier molecular flexibility index (Phi) is 4.28. The lowest BCUT2D eigenvalue weighted by Gasteiger charge is -1.78. The molecule has 0 aromatic heterocycles. The molecule has 0 N–H and O–H groups in total. The molecule has 6 heavy (non-hydrogen) atoms. The molecule has 0 unspecified atom stereocenters. The van der Waals surface area contributed by atoms with Gasteiger partial charge >= 0.3 is 0 Å². The van der Waals surface area contributed by atoms with E-state index in [9.17, 15) is 0 Å². The molecule has 0 bridgehead atoms. The molecular formula is H6Cl2Si4. The number of hydrogen-bond donors (Lipinski definition) is 0. The quantitative estimate of drug-likeness (QED) is 0.313. The zero-order valence-electron chi connectivity index (χ0n) is 3.76. The fourth-order valence-corrected chi connectivity index (χ4v) is 0. The monoisotopic (exact) mass is 188 g/mol. The molecule has 0 aromatic rings. The van der Waals surface area contributed by atoms with Crippen molar-refractivity contribution in [1.82, 2.24) is 0 Å². The van der Waals surface area contributed by atoms with Crippen molar-refractivity contribution in [3.8, 4) is 0 Å². The van der Waals surface area contributed by atoms with Crippen LogP contribution in [0.1, 0.15) is 0 Å². The van der Waals surface area contributed by atoms with Crippen LogP contribution in [-0.2, 0) is 0 Å². The lowest BCUT2D eigenvalue weighted by molar-refractivity contribution is 3.96. The minimum Gasteiger partial charge on any atom is -0.148 e. The fourth-order valence-electron chi connectivity index (χ4n) is 0. The average Bonchev–Trinajstić information content (AvgIpc) is 1.36. The standard InChI is InChI=1S/Cl2H6Si4/c1-5(3)6(2)4/h3-4H3. The third-order valence-electron chi connectivity index (χ3n) is 0.475. The minimum absolute atomic E-state index is 0.412. The Balaban J connectivity index is 3.68. The van der Waals surface area contributed by atoms with Crippen molar-refractivity contribution >= 4 is 55.1 Å². The Morgan fingerprint density at radius 3 is 1.17 bits per heavy atom. The molecule has 0 nitrogen and oxygen atoms in total. The molecule has 0 rings (SSSR count). The molecule has 0 saturated heterocycles. The summed E-state index contributed by atoms with van der Waals surface area (Å²) in [5.41, 5.74) is 0. The zero-order valence-corrected chi connectivity index (χ0v) is 11.3. The van der Waals surface area contributed by atoms with E-state index in [2.05, 4.69) is 0 Å². The molecule has 0 aliphatic heterocycles. The maximum atomic E-state index is 5.72. The average molecular weight is 189 g/mol. The summed E-state index contributed by atoms with van der Waals surface area (Å²) in [5, 5.41) is 0. The lowest BCUT2D eigenvalue weighted by atomic mass is 26.6. The van der Waals surface area contributed by atoms with Gasteiger partial charge in [-0.05, 0) is 0 Å². The Bertz CT molecular complexity index is 55.6. The first-order chi connectivity index (χ1) is 2.64. The van der Waals surface area contributed by atoms with E-state index < -0.39 is 13.4 Å². The molecule has 0 atom stereocenters. The first-order valence-electron chi connectivity index (χ1n) is 1.63. The maximum Gasteiger partial charge on any atom is 0.0908 e. The van der Waals surface area contributed by atoms with Crippen LogP contribution in [-0.4, -0.2) is 33.0 Å². The topological polar surface area (TPSA) is 0 Å². The van der Waals surface area contributed by atoms with E-state index in [1.54, 1.807) is 0 Å². The van der Waals surface area contributed by atoms with E-state index in [1.165, 1.54) is 19.5 Å². The van der Waals surface area contributed by atoms with Gasteiger partial charge in [0.15, 0.2) is 0 Å². The third-order valence-corrected chi connectivity index (χ3v) is 38.5. The highest BCUT2D eigenvalue weighted by Crippen LogP contribution is 1.75. The van der Waals surface area contributed by atoms with Crippen molar-refractivity contribution in [3.05, 3.63) is 0 Å². The first-order valence-corrected chi connectivity index (χ1v) is 14.7. The number of rotatable bonds is 0. The summed E-state index contributed by atoms with van der Waals surface area (Å²) in [4.78, 5) is 0. The van der Waals surface area contributed by atoms with E-state index in [1.807, 2.05) is 0 Å². The Hall–Kier alpha value is 1.45. The molecule has 0 aliphatic rings. The fraction of sp³-hybridized carbons (Fsp3) is 0. The van der Waals surface area contributed by atoms with E-state index in [0.717, 1.165) is 0 Å². The normalized spacial score (nSPS) is 15.0. The van der Waals surface area contributed by atoms with E-state index in [4.69, 9.17) is 22.2 Å². The summed E-state index contributed by atoms with van der Waals surface area (Å²) in [6, 6.07) is 0. The van der Waals surface area contributed by atoms with E-state index >= 15 is 0 Å². The summed E-state index contributed by atoms with van der Waals surface area (Å²) in [5.74, 6) is 0. The van der Waals surface area contributed by atoms with Crippen LogP contribution >= 0.6 is 22.2 Å². The van der Waals surface area contributed by atoms with Crippen molar-refractivity contribution in [2.45, 2.75) is 0 Å². The highest BCUT2D eigenvalue weighted by Gasteiger charge is 1.85. The van der Waals surface area contributed by atoms with Crippen LogP contribution in [0.4, 0.5) is 0 Å². The predicted octanol–water partition coefficient (Wildman–Crippen LogP) is -1.75. The van der Waals surface area contributed by atoms with Crippen LogP contribution in [0.3, 0.4) is 0 Å². The minimum atomic E-state index is -0.412. The second kappa shape index (κ2) is 3.45. The second-order valence-corrected chi connectivity index (χ2v) is 28.8. The first kappa shape index (κ1) is 7.45. The molecule has 0 spiro atoms. The summed E-state index contributed by atoms with van der Waals surface area (Å²) in [6.07, 6.45) is 0. The van der Waals surface area contributed by atoms with Gasteiger partial charge in [0.05, 0.1) is 13.4 Å². The molecular weight excluding hydrogens is 183 g/mol. The maximum absolute atomic E-state index is 5.72. The Morgan fingerprint density at radius 1 is 1.00 bits per heavy atom. The third kappa shape index (κ3) is 3.63. The van der Waals surface area contributed by atoms with Gasteiger partial charge in [-0.2, -0.15) is 0 Å². The van der Waals surface area contributed by atoms with E-state index in [0.29, 0.717) is 0 Å². The molecule has 6 heteroatoms. The van der Waals surface area contributed by atoms with Crippen molar-refractivity contribution in [1.29, 1.82) is 0 Å². The Morgan fingerprint density at radius 2 is 1.17 bits per heavy atom. The SMILES string of the molecule is [SiH3][Si](Cl)=[Si]([SiH3])Cl. The van der Waals surface area contributed by atoms with Crippen LogP contribution in [0.15, 0.2) is 0 Å². The summed E-state index contributed by atoms with van der Waals surface area (Å²) in [7, 11) is 2.34. The molecule has 0 fully saturated rings. The lowest BCUT2D eigenvalue weighted by Crippen LogP contribution is -2.05. The largest absolute Gasteiger partial charge is 0.148 e. The van der Waals surface area contributed by atoms with Crippen molar-refractivity contribution < 1.29 is 0 Å². The van der Waals surface area contributed by atoms with Gasteiger partial charge in [-0.15, -0.1) is 22.2 Å². The highest BCUT2D eigenvalue weighted by molar-refractivity contribution is 7.59. The van der Waals surface area contributed by atoms with Gasteiger partial charge in [0.2, 0.25) is 0 Å². The van der Waals surface area contributed by atoms with Crippen LogP contribution in [0.2, 0.25) is 0 Å². The van der Waals surface area contributed by atoms with Crippen LogP contribution in [0.5, 0.6) is 0 Å². The number of halogens is 2. The summed E-state index contributed by atoms with van der Waals surface area (Å²) >= 11 is 11.4. The predicted molar refractivity (Wildman–Crippen MR) is 43.1 cm³/mol. The van der Waals surface area contributed by atoms with E-state index in [-0.39, 0.29) is 0 Å². The second-order valence-electron chi connectivity index (χ2n) is 1.07. The molecule has 0 aromatic carbocycles. The molecule has 0 saturated carbocycles. The van der Waals surface area contributed by atoms with Crippen molar-refractivity contribution in [2.24, 2.45) is 0 Å². The van der Waals surface area contributed by atoms with Crippen molar-refractivity contribution in [3.63, 3.8) is 0 Å². The van der Waals surface area contributed by atoms with Gasteiger partial charge in [-0.25, -0.2) is 0 Å². The smallest absolute Gasteiger partial charge is 0.0908 e. The molecule has 36 valence electrons.